The van der Waals surface area contributed by atoms with Crippen LogP contribution in [-0.4, -0.2) is 38.0 Å². The molecule has 0 radical (unpaired) electrons. The molecule has 1 heterocycles. The highest BCUT2D eigenvalue weighted by Crippen LogP contribution is 2.42. The molecule has 1 aromatic carbocycles. The Balaban J connectivity index is 2.11. The van der Waals surface area contributed by atoms with Gasteiger partial charge in [-0.3, -0.25) is 4.98 Å². The Kier molecular flexibility index (Phi) is 10.7. The van der Waals surface area contributed by atoms with Crippen molar-refractivity contribution < 1.29 is 23.5 Å². The summed E-state index contributed by atoms with van der Waals surface area (Å²) >= 11 is 0. The second kappa shape index (κ2) is 13.2. The van der Waals surface area contributed by atoms with Gasteiger partial charge in [0.2, 0.25) is 0 Å². The van der Waals surface area contributed by atoms with Gasteiger partial charge in [0.15, 0.2) is 14.4 Å². The van der Waals surface area contributed by atoms with E-state index in [-0.39, 0.29) is 19.8 Å². The Morgan fingerprint density at radius 2 is 1.44 bits per heavy atom. The molecule has 1 atom stereocenters. The van der Waals surface area contributed by atoms with Crippen molar-refractivity contribution in [3.05, 3.63) is 66.0 Å². The maximum Gasteiger partial charge on any atom is 0.408 e. The summed E-state index contributed by atoms with van der Waals surface area (Å²) in [6.45, 7) is 13.2. The molecule has 8 heteroatoms. The molecule has 0 saturated heterocycles. The van der Waals surface area contributed by atoms with Crippen LogP contribution in [0.25, 0.3) is 0 Å². The van der Waals surface area contributed by atoms with Gasteiger partial charge >= 0.3 is 12.1 Å². The lowest BCUT2D eigenvalue weighted by atomic mass is 10.2. The first-order valence-corrected chi connectivity index (χ1v) is 14.0. The van der Waals surface area contributed by atoms with E-state index in [1.807, 2.05) is 36.4 Å². The highest BCUT2D eigenvalue weighted by atomic mass is 28.4. The van der Waals surface area contributed by atoms with Crippen molar-refractivity contribution in [2.75, 3.05) is 6.61 Å². The molecule has 0 bridgehead atoms. The minimum atomic E-state index is -2.25. The van der Waals surface area contributed by atoms with Crippen LogP contribution in [-0.2, 0) is 31.9 Å². The molecular weight excluding hydrogens is 448 g/mol. The topological polar surface area (TPSA) is 86.8 Å². The molecule has 0 aliphatic rings. The lowest BCUT2D eigenvalue weighted by molar-refractivity contribution is -0.148. The molecule has 186 valence electrons. The number of hydrogen-bond donors (Lipinski definition) is 1. The van der Waals surface area contributed by atoms with Crippen LogP contribution >= 0.6 is 0 Å². The molecule has 1 aromatic heterocycles. The number of nitrogens with one attached hydrogen (secondary N) is 1. The van der Waals surface area contributed by atoms with Crippen molar-refractivity contribution in [2.45, 2.75) is 77.4 Å². The van der Waals surface area contributed by atoms with E-state index in [4.69, 9.17) is 13.9 Å². The van der Waals surface area contributed by atoms with Gasteiger partial charge in [0.05, 0.1) is 6.61 Å². The van der Waals surface area contributed by atoms with Gasteiger partial charge in [0.25, 0.3) is 0 Å². The third-order valence-electron chi connectivity index (χ3n) is 6.10. The minimum absolute atomic E-state index is 0.0381. The number of pyridine rings is 1. The van der Waals surface area contributed by atoms with Crippen LogP contribution in [0.5, 0.6) is 0 Å². The molecule has 0 fully saturated rings. The summed E-state index contributed by atoms with van der Waals surface area (Å²) in [7, 11) is -2.25. The first kappa shape index (κ1) is 27.5. The summed E-state index contributed by atoms with van der Waals surface area (Å²) in [5, 5.41) is 2.65. The second-order valence-corrected chi connectivity index (χ2v) is 14.8. The molecular formula is C26H38N2O5Si. The number of aromatic nitrogens is 1. The quantitative estimate of drug-likeness (QED) is 0.310. The van der Waals surface area contributed by atoms with Gasteiger partial charge in [-0.1, -0.05) is 77.9 Å². The van der Waals surface area contributed by atoms with E-state index in [9.17, 15) is 9.59 Å². The van der Waals surface area contributed by atoms with Crippen LogP contribution < -0.4 is 5.32 Å². The number of hydrogen-bond acceptors (Lipinski definition) is 6. The third-order valence-corrected chi connectivity index (χ3v) is 12.2. The Bertz CT molecular complexity index is 869. The number of benzene rings is 1. The predicted octanol–water partition coefficient (Wildman–Crippen LogP) is 5.61. The molecule has 0 aliphatic heterocycles. The number of alkyl carbamates (subject to hydrolysis) is 1. The zero-order valence-electron chi connectivity index (χ0n) is 21.1. The molecule has 1 N–H and O–H groups in total. The molecule has 7 nitrogen and oxygen atoms in total. The van der Waals surface area contributed by atoms with Crippen molar-refractivity contribution in [1.82, 2.24) is 10.3 Å². The molecule has 0 unspecified atom stereocenters. The summed E-state index contributed by atoms with van der Waals surface area (Å²) in [4.78, 5) is 29.5. The van der Waals surface area contributed by atoms with Gasteiger partial charge in [0, 0.05) is 18.0 Å². The van der Waals surface area contributed by atoms with E-state index in [0.29, 0.717) is 16.6 Å². The molecule has 0 saturated carbocycles. The normalized spacial score (nSPS) is 12.6. The van der Waals surface area contributed by atoms with E-state index < -0.39 is 26.4 Å². The number of esters is 1. The molecule has 34 heavy (non-hydrogen) atoms. The maximum absolute atomic E-state index is 13.0. The number of rotatable bonds is 12. The molecule has 0 spiro atoms. The van der Waals surface area contributed by atoms with Crippen molar-refractivity contribution in [3.63, 3.8) is 0 Å². The molecule has 2 rings (SSSR count). The molecule has 0 aliphatic carbocycles. The number of ether oxygens (including phenoxy) is 2. The average Bonchev–Trinajstić information content (AvgIpc) is 2.81. The third kappa shape index (κ3) is 7.67. The van der Waals surface area contributed by atoms with E-state index in [2.05, 4.69) is 51.8 Å². The van der Waals surface area contributed by atoms with Crippen molar-refractivity contribution in [1.29, 1.82) is 0 Å². The van der Waals surface area contributed by atoms with Gasteiger partial charge in [0.1, 0.15) is 13.2 Å². The number of amides is 1. The van der Waals surface area contributed by atoms with Crippen LogP contribution in [0.15, 0.2) is 54.9 Å². The van der Waals surface area contributed by atoms with Gasteiger partial charge in [-0.15, -0.1) is 0 Å². The summed E-state index contributed by atoms with van der Waals surface area (Å²) in [6.07, 6.45) is 2.56. The lowest BCUT2D eigenvalue weighted by Crippen LogP contribution is -2.53. The van der Waals surface area contributed by atoms with E-state index in [1.54, 1.807) is 18.5 Å². The van der Waals surface area contributed by atoms with Gasteiger partial charge in [-0.25, -0.2) is 9.59 Å². The van der Waals surface area contributed by atoms with Crippen LogP contribution in [0, 0.1) is 0 Å². The Morgan fingerprint density at radius 1 is 0.853 bits per heavy atom. The SMILES string of the molecule is CC(C)[Si](OC[C@H](NC(=O)OCc1cccnc1)C(=O)OCc1ccccc1)(C(C)C)C(C)C. The highest BCUT2D eigenvalue weighted by molar-refractivity contribution is 6.77. The molecule has 2 aromatic rings. The van der Waals surface area contributed by atoms with Crippen molar-refractivity contribution in [3.8, 4) is 0 Å². The number of carbonyl (C=O) groups excluding carboxylic acids is 2. The number of nitrogens with zero attached hydrogens (tertiary/aromatic N) is 1. The van der Waals surface area contributed by atoms with Gasteiger partial charge in [-0.05, 0) is 28.3 Å². The van der Waals surface area contributed by atoms with Crippen LogP contribution in [0.2, 0.25) is 16.6 Å². The maximum atomic E-state index is 13.0. The standard InChI is InChI=1S/C26H38N2O5Si/c1-19(2)34(20(3)4,21(5)6)33-18-24(25(29)31-16-22-11-8-7-9-12-22)28-26(30)32-17-23-13-10-14-27-15-23/h7-15,19-21,24H,16-18H2,1-6H3,(H,28,30)/t24-/m0/s1. The zero-order chi connectivity index (χ0) is 25.1. The fourth-order valence-corrected chi connectivity index (χ4v) is 10.00. The Labute approximate surface area is 204 Å². The zero-order valence-corrected chi connectivity index (χ0v) is 22.1. The van der Waals surface area contributed by atoms with Crippen molar-refractivity contribution >= 4 is 20.4 Å². The predicted molar refractivity (Wildman–Crippen MR) is 135 cm³/mol. The first-order chi connectivity index (χ1) is 16.2. The van der Waals surface area contributed by atoms with E-state index in [0.717, 1.165) is 11.1 Å². The van der Waals surface area contributed by atoms with Crippen LogP contribution in [0.3, 0.4) is 0 Å². The summed E-state index contributed by atoms with van der Waals surface area (Å²) in [5.74, 6) is -0.554. The Morgan fingerprint density at radius 3 is 2.00 bits per heavy atom. The largest absolute Gasteiger partial charge is 0.459 e. The number of carbonyl (C=O) groups is 2. The fraction of sp³-hybridized carbons (Fsp3) is 0.500. The lowest BCUT2D eigenvalue weighted by Gasteiger charge is -2.42. The second-order valence-electron chi connectivity index (χ2n) is 9.36. The smallest absolute Gasteiger partial charge is 0.408 e. The van der Waals surface area contributed by atoms with E-state index in [1.165, 1.54) is 0 Å². The van der Waals surface area contributed by atoms with E-state index >= 15 is 0 Å². The van der Waals surface area contributed by atoms with Crippen LogP contribution in [0.4, 0.5) is 4.79 Å². The summed E-state index contributed by atoms with van der Waals surface area (Å²) in [5.41, 5.74) is 2.64. The summed E-state index contributed by atoms with van der Waals surface area (Å²) in [6, 6.07) is 12.0. The monoisotopic (exact) mass is 486 g/mol. The van der Waals surface area contributed by atoms with Gasteiger partial charge < -0.3 is 19.2 Å². The minimum Gasteiger partial charge on any atom is -0.459 e. The van der Waals surface area contributed by atoms with Crippen molar-refractivity contribution in [2.24, 2.45) is 0 Å². The molecule has 1 amide bonds. The average molecular weight is 487 g/mol. The first-order valence-electron chi connectivity index (χ1n) is 11.8. The summed E-state index contributed by atoms with van der Waals surface area (Å²) < 4.78 is 17.4. The Hall–Kier alpha value is -2.71. The van der Waals surface area contributed by atoms with Gasteiger partial charge in [-0.2, -0.15) is 0 Å². The fourth-order valence-electron chi connectivity index (χ4n) is 4.54. The van der Waals surface area contributed by atoms with Crippen LogP contribution in [0.1, 0.15) is 52.7 Å². The highest BCUT2D eigenvalue weighted by Gasteiger charge is 2.46.